The van der Waals surface area contributed by atoms with Gasteiger partial charge >= 0.3 is 0 Å². The summed E-state index contributed by atoms with van der Waals surface area (Å²) in [6.45, 7) is 0.551. The Morgan fingerprint density at radius 2 is 1.88 bits per heavy atom. The van der Waals surface area contributed by atoms with E-state index >= 15 is 0 Å². The Morgan fingerprint density at radius 1 is 1.04 bits per heavy atom. The fourth-order valence-corrected chi connectivity index (χ4v) is 2.73. The first-order valence-electron chi connectivity index (χ1n) is 7.57. The lowest BCUT2D eigenvalue weighted by molar-refractivity contribution is 0.629. The molecule has 0 unspecified atom stereocenters. The molecule has 7 heteroatoms. The molecule has 6 nitrogen and oxygen atoms in total. The highest BCUT2D eigenvalue weighted by molar-refractivity contribution is 5.75. The molecule has 120 valence electrons. The van der Waals surface area contributed by atoms with Gasteiger partial charge in [0.05, 0.1) is 24.0 Å². The van der Waals surface area contributed by atoms with Crippen molar-refractivity contribution >= 4 is 11.0 Å². The summed E-state index contributed by atoms with van der Waals surface area (Å²) in [5, 5.41) is 0. The molecule has 4 aromatic rings. The zero-order chi connectivity index (χ0) is 16.5. The minimum Gasteiger partial charge on any atom is -0.330 e. The Kier molecular flexibility index (Phi) is 3.53. The summed E-state index contributed by atoms with van der Waals surface area (Å²) in [5.41, 5.74) is 1.56. The normalized spacial score (nSPS) is 11.2. The highest BCUT2D eigenvalue weighted by atomic mass is 19.1. The first-order valence-corrected chi connectivity index (χ1v) is 7.57. The van der Waals surface area contributed by atoms with E-state index in [1.54, 1.807) is 30.7 Å². The van der Waals surface area contributed by atoms with Gasteiger partial charge in [-0.3, -0.25) is 0 Å². The molecule has 0 aliphatic carbocycles. The minimum atomic E-state index is -0.281. The Hall–Kier alpha value is -3.09. The maximum Gasteiger partial charge on any atom is 0.135 e. The minimum absolute atomic E-state index is 0.281. The van der Waals surface area contributed by atoms with E-state index in [4.69, 9.17) is 0 Å². The number of aromatic nitrogens is 6. The van der Waals surface area contributed by atoms with Crippen LogP contribution in [-0.4, -0.2) is 29.1 Å². The molecule has 0 N–H and O–H groups in total. The number of aryl methyl sites for hydroxylation is 1. The van der Waals surface area contributed by atoms with Gasteiger partial charge in [0.2, 0.25) is 0 Å². The van der Waals surface area contributed by atoms with Gasteiger partial charge in [0, 0.05) is 37.9 Å². The number of hydrogen-bond acceptors (Lipinski definition) is 4. The second-order valence-electron chi connectivity index (χ2n) is 5.53. The Morgan fingerprint density at radius 3 is 2.71 bits per heavy atom. The fraction of sp³-hybridized carbons (Fsp3) is 0.176. The predicted octanol–water partition coefficient (Wildman–Crippen LogP) is 2.34. The molecule has 0 aliphatic rings. The van der Waals surface area contributed by atoms with Crippen LogP contribution in [0, 0.1) is 5.82 Å². The van der Waals surface area contributed by atoms with E-state index in [0.717, 1.165) is 23.0 Å². The van der Waals surface area contributed by atoms with Crippen LogP contribution in [0.4, 0.5) is 4.39 Å². The number of nitrogens with zero attached hydrogens (tertiary/aromatic N) is 6. The molecule has 0 bridgehead atoms. The molecule has 1 aromatic carbocycles. The first-order chi connectivity index (χ1) is 11.7. The van der Waals surface area contributed by atoms with Gasteiger partial charge in [-0.2, -0.15) is 0 Å². The van der Waals surface area contributed by atoms with Crippen LogP contribution < -0.4 is 0 Å². The lowest BCUT2D eigenvalue weighted by atomic mass is 10.3. The Balaban J connectivity index is 1.65. The highest BCUT2D eigenvalue weighted by Gasteiger charge is 2.12. The van der Waals surface area contributed by atoms with E-state index in [2.05, 4.69) is 19.9 Å². The van der Waals surface area contributed by atoms with Gasteiger partial charge in [-0.1, -0.05) is 0 Å². The van der Waals surface area contributed by atoms with Crippen LogP contribution in [0.15, 0.2) is 49.1 Å². The number of benzene rings is 1. The molecule has 0 aliphatic heterocycles. The van der Waals surface area contributed by atoms with Gasteiger partial charge in [-0.05, 0) is 18.2 Å². The van der Waals surface area contributed by atoms with E-state index in [-0.39, 0.29) is 5.82 Å². The van der Waals surface area contributed by atoms with Gasteiger partial charge in [-0.25, -0.2) is 24.3 Å². The summed E-state index contributed by atoms with van der Waals surface area (Å²) in [4.78, 5) is 17.4. The van der Waals surface area contributed by atoms with E-state index in [9.17, 15) is 4.39 Å². The summed E-state index contributed by atoms with van der Waals surface area (Å²) in [6, 6.07) is 6.43. The second-order valence-corrected chi connectivity index (χ2v) is 5.53. The SMILES string of the molecule is Cn1c(Cn2ccnc2Cc2ncccn2)nc2cc(F)ccc21. The lowest BCUT2D eigenvalue weighted by Gasteiger charge is -2.07. The van der Waals surface area contributed by atoms with E-state index in [1.165, 1.54) is 12.1 Å². The van der Waals surface area contributed by atoms with Crippen LogP contribution >= 0.6 is 0 Å². The van der Waals surface area contributed by atoms with Gasteiger partial charge in [-0.15, -0.1) is 0 Å². The van der Waals surface area contributed by atoms with Crippen molar-refractivity contribution in [1.82, 2.24) is 29.1 Å². The predicted molar refractivity (Wildman–Crippen MR) is 86.8 cm³/mol. The molecule has 0 saturated carbocycles. The van der Waals surface area contributed by atoms with E-state index < -0.39 is 0 Å². The summed E-state index contributed by atoms with van der Waals surface area (Å²) >= 11 is 0. The van der Waals surface area contributed by atoms with Crippen LogP contribution in [0.1, 0.15) is 17.5 Å². The monoisotopic (exact) mass is 322 g/mol. The van der Waals surface area contributed by atoms with Crippen molar-refractivity contribution in [1.29, 1.82) is 0 Å². The van der Waals surface area contributed by atoms with Gasteiger partial charge < -0.3 is 9.13 Å². The molecule has 3 heterocycles. The van der Waals surface area contributed by atoms with Crippen molar-refractivity contribution in [3.05, 3.63) is 72.3 Å². The van der Waals surface area contributed by atoms with Crippen molar-refractivity contribution in [2.24, 2.45) is 7.05 Å². The molecule has 0 amide bonds. The largest absolute Gasteiger partial charge is 0.330 e. The van der Waals surface area contributed by atoms with Crippen LogP contribution in [-0.2, 0) is 20.0 Å². The number of rotatable bonds is 4. The van der Waals surface area contributed by atoms with E-state index in [0.29, 0.717) is 18.5 Å². The number of fused-ring (bicyclic) bond motifs is 1. The maximum atomic E-state index is 13.4. The molecule has 0 atom stereocenters. The van der Waals surface area contributed by atoms with Crippen molar-refractivity contribution in [2.45, 2.75) is 13.0 Å². The molecule has 0 saturated heterocycles. The molecule has 0 spiro atoms. The first kappa shape index (κ1) is 14.5. The number of halogens is 1. The standard InChI is InChI=1S/C17H15FN6/c1-23-14-4-3-12(18)9-13(14)22-17(23)11-24-8-7-21-16(24)10-15-19-5-2-6-20-15/h2-9H,10-11H2,1H3. The average Bonchev–Trinajstić information content (AvgIpc) is 3.14. The topological polar surface area (TPSA) is 61.4 Å². The molecule has 24 heavy (non-hydrogen) atoms. The van der Waals surface area contributed by atoms with Crippen molar-refractivity contribution in [2.75, 3.05) is 0 Å². The van der Waals surface area contributed by atoms with Gasteiger partial charge in [0.25, 0.3) is 0 Å². The molecule has 3 aromatic heterocycles. The molecule has 0 fully saturated rings. The number of hydrogen-bond donors (Lipinski definition) is 0. The molecular formula is C17H15FN6. The van der Waals surface area contributed by atoms with Gasteiger partial charge in [0.15, 0.2) is 0 Å². The van der Waals surface area contributed by atoms with Crippen LogP contribution in [0.3, 0.4) is 0 Å². The zero-order valence-corrected chi connectivity index (χ0v) is 13.1. The third-order valence-corrected chi connectivity index (χ3v) is 3.98. The van der Waals surface area contributed by atoms with E-state index in [1.807, 2.05) is 22.4 Å². The summed E-state index contributed by atoms with van der Waals surface area (Å²) in [6.07, 6.45) is 7.64. The lowest BCUT2D eigenvalue weighted by Crippen LogP contribution is -2.10. The average molecular weight is 322 g/mol. The second kappa shape index (κ2) is 5.84. The van der Waals surface area contributed by atoms with Crippen LogP contribution in [0.2, 0.25) is 0 Å². The Bertz CT molecular complexity index is 989. The highest BCUT2D eigenvalue weighted by Crippen LogP contribution is 2.17. The molecule has 0 radical (unpaired) electrons. The third-order valence-electron chi connectivity index (χ3n) is 3.98. The summed E-state index contributed by atoms with van der Waals surface area (Å²) in [5.74, 6) is 2.14. The zero-order valence-electron chi connectivity index (χ0n) is 13.1. The Labute approximate surface area is 137 Å². The fourth-order valence-electron chi connectivity index (χ4n) is 2.73. The third kappa shape index (κ3) is 2.64. The van der Waals surface area contributed by atoms with Crippen molar-refractivity contribution in [3.63, 3.8) is 0 Å². The smallest absolute Gasteiger partial charge is 0.135 e. The summed E-state index contributed by atoms with van der Waals surface area (Å²) < 4.78 is 17.4. The summed E-state index contributed by atoms with van der Waals surface area (Å²) in [7, 11) is 1.93. The van der Waals surface area contributed by atoms with Crippen molar-refractivity contribution in [3.8, 4) is 0 Å². The molecular weight excluding hydrogens is 307 g/mol. The van der Waals surface area contributed by atoms with Crippen molar-refractivity contribution < 1.29 is 4.39 Å². The van der Waals surface area contributed by atoms with Gasteiger partial charge in [0.1, 0.15) is 23.3 Å². The quantitative estimate of drug-likeness (QED) is 0.578. The maximum absolute atomic E-state index is 13.4. The molecule has 4 rings (SSSR count). The van der Waals surface area contributed by atoms with Crippen LogP contribution in [0.5, 0.6) is 0 Å². The van der Waals surface area contributed by atoms with Crippen LogP contribution in [0.25, 0.3) is 11.0 Å². The number of imidazole rings is 2.